The summed E-state index contributed by atoms with van der Waals surface area (Å²) >= 11 is 0. The van der Waals surface area contributed by atoms with E-state index >= 15 is 0 Å². The molecule has 192 valence electrons. The number of cyclic esters (lactones) is 1. The van der Waals surface area contributed by atoms with Gasteiger partial charge in [0.1, 0.15) is 0 Å². The molecule has 4 aromatic rings. The molecule has 1 aliphatic rings. The normalized spacial score (nSPS) is 14.9. The minimum Gasteiger partial charge on any atom is -0.503 e. The van der Waals surface area contributed by atoms with Gasteiger partial charge in [-0.15, -0.1) is 0 Å². The van der Waals surface area contributed by atoms with E-state index < -0.39 is 36.0 Å². The molecule has 0 aromatic heterocycles. The minimum absolute atomic E-state index is 0.140. The van der Waals surface area contributed by atoms with Gasteiger partial charge >= 0.3 is 24.4 Å². The zero-order chi connectivity index (χ0) is 26.8. The molecule has 38 heavy (non-hydrogen) atoms. The van der Waals surface area contributed by atoms with Crippen LogP contribution in [0.2, 0.25) is 0 Å². The first kappa shape index (κ1) is 24.4. The Morgan fingerprint density at radius 3 is 1.79 bits per heavy atom. The summed E-state index contributed by atoms with van der Waals surface area (Å²) in [5.74, 6) is -3.21. The highest BCUT2D eigenvalue weighted by molar-refractivity contribution is 6.03. The van der Waals surface area contributed by atoms with Gasteiger partial charge < -0.3 is 24.8 Å². The van der Waals surface area contributed by atoms with E-state index in [1.54, 1.807) is 36.4 Å². The van der Waals surface area contributed by atoms with E-state index in [-0.39, 0.29) is 13.1 Å². The topological polar surface area (TPSA) is 137 Å². The number of carbonyl (C=O) groups is 3. The fourth-order valence-corrected chi connectivity index (χ4v) is 4.38. The molecule has 0 spiro atoms. The maximum Gasteiger partial charge on any atom is 0.417 e. The van der Waals surface area contributed by atoms with E-state index in [2.05, 4.69) is 0 Å². The van der Waals surface area contributed by atoms with Gasteiger partial charge in [-0.2, -0.15) is 0 Å². The second-order valence-electron chi connectivity index (χ2n) is 8.44. The number of hydrogen-bond acceptors (Lipinski definition) is 7. The van der Waals surface area contributed by atoms with Crippen LogP contribution in [0.25, 0.3) is 21.5 Å². The van der Waals surface area contributed by atoms with Gasteiger partial charge in [-0.3, -0.25) is 9.80 Å². The summed E-state index contributed by atoms with van der Waals surface area (Å²) in [5.41, 5.74) is 0.852. The Morgan fingerprint density at radius 1 is 0.763 bits per heavy atom. The molecule has 0 radical (unpaired) electrons. The number of carboxylic acid groups (broad SMARTS) is 1. The van der Waals surface area contributed by atoms with Crippen molar-refractivity contribution >= 4 is 51.1 Å². The first-order valence-corrected chi connectivity index (χ1v) is 11.6. The third-order valence-electron chi connectivity index (χ3n) is 6.19. The van der Waals surface area contributed by atoms with E-state index in [1.165, 1.54) is 4.90 Å². The molecule has 2 amide bonds. The number of hydrogen-bond donors (Lipinski definition) is 3. The summed E-state index contributed by atoms with van der Waals surface area (Å²) in [4.78, 5) is 39.6. The van der Waals surface area contributed by atoms with E-state index in [4.69, 9.17) is 9.47 Å². The van der Waals surface area contributed by atoms with Crippen LogP contribution in [0.5, 0.6) is 0 Å². The molecule has 0 bridgehead atoms. The molecule has 1 unspecified atom stereocenters. The Labute approximate surface area is 216 Å². The Bertz CT molecular complexity index is 1590. The third kappa shape index (κ3) is 4.50. The number of nitrogens with zero attached hydrogens (tertiary/aromatic N) is 2. The van der Waals surface area contributed by atoms with Crippen molar-refractivity contribution in [3.05, 3.63) is 96.4 Å². The number of aliphatic hydroxyl groups excluding tert-OH is 2. The predicted octanol–water partition coefficient (Wildman–Crippen LogP) is 5.33. The summed E-state index contributed by atoms with van der Waals surface area (Å²) in [6, 6.07) is 25.2. The maximum atomic E-state index is 13.4. The number of ether oxygens (including phenoxy) is 2. The zero-order valence-electron chi connectivity index (χ0n) is 19.9. The molecule has 0 fully saturated rings. The molecule has 10 nitrogen and oxygen atoms in total. The molecule has 1 atom stereocenters. The van der Waals surface area contributed by atoms with E-state index in [0.717, 1.165) is 21.1 Å². The van der Waals surface area contributed by atoms with Crippen molar-refractivity contribution in [2.24, 2.45) is 0 Å². The van der Waals surface area contributed by atoms with Crippen LogP contribution in [0.1, 0.15) is 0 Å². The third-order valence-corrected chi connectivity index (χ3v) is 6.19. The first-order valence-electron chi connectivity index (χ1n) is 11.6. The van der Waals surface area contributed by atoms with Crippen molar-refractivity contribution < 1.29 is 39.2 Å². The van der Waals surface area contributed by atoms with Gasteiger partial charge in [0.15, 0.2) is 0 Å². The van der Waals surface area contributed by atoms with Crippen molar-refractivity contribution in [1.29, 1.82) is 0 Å². The number of fused-ring (bicyclic) bond motifs is 2. The number of rotatable bonds is 6. The molecular weight excluding hydrogens is 492 g/mol. The van der Waals surface area contributed by atoms with Crippen LogP contribution in [-0.2, 0) is 14.3 Å². The Balaban J connectivity index is 1.50. The average Bonchev–Trinajstić information content (AvgIpc) is 3.16. The highest BCUT2D eigenvalue weighted by atomic mass is 16.7. The lowest BCUT2D eigenvalue weighted by Crippen LogP contribution is -2.42. The maximum absolute atomic E-state index is 13.4. The van der Waals surface area contributed by atoms with Gasteiger partial charge in [0.2, 0.25) is 11.5 Å². The van der Waals surface area contributed by atoms with Gasteiger partial charge in [-0.25, -0.2) is 14.4 Å². The fraction of sp³-hybridized carbons (Fsp3) is 0.107. The lowest BCUT2D eigenvalue weighted by molar-refractivity contribution is -0.155. The molecule has 0 saturated carbocycles. The summed E-state index contributed by atoms with van der Waals surface area (Å²) in [6.45, 7) is -0.293. The second-order valence-corrected chi connectivity index (χ2v) is 8.44. The molecule has 0 saturated heterocycles. The quantitative estimate of drug-likeness (QED) is 0.294. The van der Waals surface area contributed by atoms with Gasteiger partial charge in [0.25, 0.3) is 0 Å². The number of anilines is 2. The predicted molar refractivity (Wildman–Crippen MR) is 139 cm³/mol. The van der Waals surface area contributed by atoms with E-state index in [0.29, 0.717) is 16.8 Å². The van der Waals surface area contributed by atoms with Gasteiger partial charge in [-0.1, -0.05) is 72.8 Å². The highest BCUT2D eigenvalue weighted by Crippen LogP contribution is 2.30. The van der Waals surface area contributed by atoms with Crippen molar-refractivity contribution in [1.82, 2.24) is 0 Å². The second kappa shape index (κ2) is 10.0. The Hall–Kier alpha value is -5.25. The monoisotopic (exact) mass is 514 g/mol. The van der Waals surface area contributed by atoms with Crippen molar-refractivity contribution in [3.8, 4) is 0 Å². The Kier molecular flexibility index (Phi) is 6.44. The van der Waals surface area contributed by atoms with E-state index in [1.807, 2.05) is 48.5 Å². The van der Waals surface area contributed by atoms with Crippen molar-refractivity contribution in [2.45, 2.75) is 6.29 Å². The van der Waals surface area contributed by atoms with Crippen LogP contribution >= 0.6 is 0 Å². The van der Waals surface area contributed by atoms with Gasteiger partial charge in [-0.05, 0) is 22.9 Å². The fourth-order valence-electron chi connectivity index (χ4n) is 4.38. The summed E-state index contributed by atoms with van der Waals surface area (Å²) in [5, 5.41) is 32.7. The summed E-state index contributed by atoms with van der Waals surface area (Å²) < 4.78 is 9.93. The van der Waals surface area contributed by atoms with Crippen molar-refractivity contribution in [3.63, 3.8) is 0 Å². The van der Waals surface area contributed by atoms with Crippen LogP contribution in [-0.4, -0.2) is 52.9 Å². The molecule has 3 N–H and O–H groups in total. The standard InChI is InChI=1S/C28H22N2O8/c31-23-24(32)26(37-25(23)33)38-28(36)30(22-14-6-10-18-8-2-4-12-20(18)22)16-15-29(27(34)35)21-13-5-9-17-7-1-3-11-19(17)21/h1-14,26,31-32H,15-16H2,(H,34,35). The summed E-state index contributed by atoms with van der Waals surface area (Å²) in [6.07, 6.45) is -4.08. The van der Waals surface area contributed by atoms with Crippen LogP contribution in [0.15, 0.2) is 96.4 Å². The molecule has 1 aliphatic heterocycles. The van der Waals surface area contributed by atoms with Crippen LogP contribution < -0.4 is 9.80 Å². The van der Waals surface area contributed by atoms with Crippen LogP contribution in [0, 0.1) is 0 Å². The van der Waals surface area contributed by atoms with Crippen LogP contribution in [0.3, 0.4) is 0 Å². The lowest BCUT2D eigenvalue weighted by Gasteiger charge is -2.28. The molecule has 1 heterocycles. The number of amides is 2. The number of carbonyl (C=O) groups excluding carboxylic acids is 2. The SMILES string of the molecule is O=C1OC(OC(=O)N(CCN(C(=O)O)c2cccc3ccccc23)c2cccc3ccccc23)C(O)=C1O. The molecule has 4 aromatic carbocycles. The van der Waals surface area contributed by atoms with Gasteiger partial charge in [0.05, 0.1) is 11.4 Å². The molecule has 5 rings (SSSR count). The smallest absolute Gasteiger partial charge is 0.417 e. The van der Waals surface area contributed by atoms with Gasteiger partial charge in [0, 0.05) is 23.9 Å². The lowest BCUT2D eigenvalue weighted by atomic mass is 10.1. The zero-order valence-corrected chi connectivity index (χ0v) is 19.9. The van der Waals surface area contributed by atoms with Crippen molar-refractivity contribution in [2.75, 3.05) is 22.9 Å². The average molecular weight is 514 g/mol. The largest absolute Gasteiger partial charge is 0.503 e. The Morgan fingerprint density at radius 2 is 1.26 bits per heavy atom. The number of esters is 1. The minimum atomic E-state index is -1.83. The first-order chi connectivity index (χ1) is 18.3. The van der Waals surface area contributed by atoms with Crippen LogP contribution in [0.4, 0.5) is 21.0 Å². The molecule has 10 heteroatoms. The highest BCUT2D eigenvalue weighted by Gasteiger charge is 2.38. The molecule has 0 aliphatic carbocycles. The number of benzene rings is 4. The summed E-state index contributed by atoms with van der Waals surface area (Å²) in [7, 11) is 0. The molecular formula is C28H22N2O8. The number of aliphatic hydroxyl groups is 2. The van der Waals surface area contributed by atoms with E-state index in [9.17, 15) is 29.7 Å².